The maximum absolute atomic E-state index is 13.2. The summed E-state index contributed by atoms with van der Waals surface area (Å²) in [5.74, 6) is 0.196. The molecule has 0 spiro atoms. The van der Waals surface area contributed by atoms with Crippen LogP contribution in [0.25, 0.3) is 0 Å². The number of carbonyl (C=O) groups excluding carboxylic acids is 2. The zero-order valence-corrected chi connectivity index (χ0v) is 17.6. The maximum atomic E-state index is 13.2. The van der Waals surface area contributed by atoms with E-state index >= 15 is 0 Å². The Balaban J connectivity index is 0.00000280. The van der Waals surface area contributed by atoms with Crippen LogP contribution in [0.3, 0.4) is 0 Å². The third-order valence-electron chi connectivity index (χ3n) is 5.94. The molecule has 0 atom stereocenters. The normalized spacial score (nSPS) is 19.6. The summed E-state index contributed by atoms with van der Waals surface area (Å²) in [7, 11) is 1.67. The van der Waals surface area contributed by atoms with Gasteiger partial charge in [0.1, 0.15) is 0 Å². The second-order valence-electron chi connectivity index (χ2n) is 7.82. The van der Waals surface area contributed by atoms with Gasteiger partial charge in [0.25, 0.3) is 5.91 Å². The molecule has 2 amide bonds. The van der Waals surface area contributed by atoms with E-state index in [9.17, 15) is 9.59 Å². The van der Waals surface area contributed by atoms with Gasteiger partial charge < -0.3 is 20.3 Å². The average molecular weight is 410 g/mol. The number of likely N-dealkylation sites (tertiary alicyclic amines) is 1. The highest BCUT2D eigenvalue weighted by atomic mass is 35.5. The summed E-state index contributed by atoms with van der Waals surface area (Å²) in [5.41, 5.74) is 1.32. The van der Waals surface area contributed by atoms with Crippen LogP contribution in [0.1, 0.15) is 41.6 Å². The summed E-state index contributed by atoms with van der Waals surface area (Å²) >= 11 is 0. The molecule has 3 rings (SSSR count). The standard InChI is InChI=1S/C21H31N3O3.ClH/c1-16-5-3-4-6-18(16)19(25)23-17-7-13-24(14-8-17)20(26)21(15-27-2)9-11-22-12-10-21;/h3-6,17,22H,7-15H2,1-2H3,(H,23,25);1H. The van der Waals surface area contributed by atoms with E-state index in [4.69, 9.17) is 4.74 Å². The van der Waals surface area contributed by atoms with Gasteiger partial charge in [-0.2, -0.15) is 0 Å². The molecule has 1 aromatic rings. The fourth-order valence-electron chi connectivity index (χ4n) is 4.25. The van der Waals surface area contributed by atoms with Gasteiger partial charge in [-0.1, -0.05) is 18.2 Å². The molecule has 0 aromatic heterocycles. The monoisotopic (exact) mass is 409 g/mol. The fourth-order valence-corrected chi connectivity index (χ4v) is 4.25. The van der Waals surface area contributed by atoms with Crippen molar-refractivity contribution in [2.75, 3.05) is 39.9 Å². The van der Waals surface area contributed by atoms with Gasteiger partial charge in [-0.05, 0) is 57.3 Å². The Morgan fingerprint density at radius 2 is 1.86 bits per heavy atom. The van der Waals surface area contributed by atoms with E-state index < -0.39 is 5.41 Å². The molecule has 156 valence electrons. The van der Waals surface area contributed by atoms with Gasteiger partial charge in [0.05, 0.1) is 12.0 Å². The lowest BCUT2D eigenvalue weighted by molar-refractivity contribution is -0.148. The molecule has 2 N–H and O–H groups in total. The number of ether oxygens (including phenoxy) is 1. The molecule has 0 radical (unpaired) electrons. The van der Waals surface area contributed by atoms with Crippen LogP contribution < -0.4 is 10.6 Å². The largest absolute Gasteiger partial charge is 0.384 e. The third-order valence-corrected chi connectivity index (χ3v) is 5.94. The minimum Gasteiger partial charge on any atom is -0.384 e. The number of halogens is 1. The lowest BCUT2D eigenvalue weighted by Crippen LogP contribution is -2.55. The van der Waals surface area contributed by atoms with Gasteiger partial charge in [0.2, 0.25) is 5.91 Å². The quantitative estimate of drug-likeness (QED) is 0.781. The van der Waals surface area contributed by atoms with Crippen molar-refractivity contribution in [1.29, 1.82) is 0 Å². The highest BCUT2D eigenvalue weighted by Gasteiger charge is 2.43. The number of rotatable bonds is 5. The second-order valence-corrected chi connectivity index (χ2v) is 7.82. The van der Waals surface area contributed by atoms with Crippen LogP contribution in [0.2, 0.25) is 0 Å². The molecule has 2 aliphatic rings. The number of methoxy groups -OCH3 is 1. The molecule has 0 unspecified atom stereocenters. The van der Waals surface area contributed by atoms with Crippen molar-refractivity contribution in [1.82, 2.24) is 15.5 Å². The lowest BCUT2D eigenvalue weighted by Gasteiger charge is -2.42. The van der Waals surface area contributed by atoms with Crippen LogP contribution in [0.4, 0.5) is 0 Å². The molecule has 0 saturated carbocycles. The Hall–Kier alpha value is -1.63. The number of amides is 2. The molecule has 28 heavy (non-hydrogen) atoms. The second kappa shape index (κ2) is 10.2. The first-order valence-electron chi connectivity index (χ1n) is 9.91. The van der Waals surface area contributed by atoms with Crippen molar-refractivity contribution in [3.8, 4) is 0 Å². The van der Waals surface area contributed by atoms with Crippen molar-refractivity contribution in [2.24, 2.45) is 5.41 Å². The van der Waals surface area contributed by atoms with E-state index in [1.165, 1.54) is 0 Å². The van der Waals surface area contributed by atoms with E-state index in [0.717, 1.165) is 49.9 Å². The summed E-state index contributed by atoms with van der Waals surface area (Å²) in [5, 5.41) is 6.47. The SMILES string of the molecule is COCC1(C(=O)N2CCC(NC(=O)c3ccccc3C)CC2)CCNCC1.Cl. The van der Waals surface area contributed by atoms with Crippen molar-refractivity contribution in [3.05, 3.63) is 35.4 Å². The van der Waals surface area contributed by atoms with Crippen molar-refractivity contribution in [3.63, 3.8) is 0 Å². The Morgan fingerprint density at radius 3 is 2.46 bits per heavy atom. The van der Waals surface area contributed by atoms with Gasteiger partial charge in [-0.15, -0.1) is 12.4 Å². The molecule has 0 bridgehead atoms. The number of hydrogen-bond acceptors (Lipinski definition) is 4. The molecule has 1 aromatic carbocycles. The first-order chi connectivity index (χ1) is 13.1. The summed E-state index contributed by atoms with van der Waals surface area (Å²) in [6.07, 6.45) is 3.24. The molecule has 2 aliphatic heterocycles. The zero-order chi connectivity index (χ0) is 19.3. The molecule has 0 aliphatic carbocycles. The van der Waals surface area contributed by atoms with Crippen LogP contribution in [-0.2, 0) is 9.53 Å². The maximum Gasteiger partial charge on any atom is 0.251 e. The van der Waals surface area contributed by atoms with E-state index in [1.54, 1.807) is 7.11 Å². The number of benzene rings is 1. The Labute approximate surface area is 173 Å². The predicted octanol–water partition coefficient (Wildman–Crippen LogP) is 2.15. The highest BCUT2D eigenvalue weighted by Crippen LogP contribution is 2.32. The van der Waals surface area contributed by atoms with Crippen LogP contribution >= 0.6 is 12.4 Å². The minimum absolute atomic E-state index is 0. The third kappa shape index (κ3) is 5.04. The van der Waals surface area contributed by atoms with E-state index in [-0.39, 0.29) is 30.3 Å². The summed E-state index contributed by atoms with van der Waals surface area (Å²) < 4.78 is 5.40. The van der Waals surface area contributed by atoms with Gasteiger partial charge in [0.15, 0.2) is 0 Å². The Bertz CT molecular complexity index is 663. The summed E-state index contributed by atoms with van der Waals surface area (Å²) in [6, 6.07) is 7.75. The fraction of sp³-hybridized carbons (Fsp3) is 0.619. The Kier molecular flexibility index (Phi) is 8.28. The predicted molar refractivity (Wildman–Crippen MR) is 112 cm³/mol. The van der Waals surface area contributed by atoms with Gasteiger partial charge in [0, 0.05) is 31.8 Å². The van der Waals surface area contributed by atoms with E-state index in [1.807, 2.05) is 36.1 Å². The van der Waals surface area contributed by atoms with Crippen molar-refractivity contribution >= 4 is 24.2 Å². The van der Waals surface area contributed by atoms with Crippen LogP contribution in [-0.4, -0.2) is 62.7 Å². The first kappa shape index (κ1) is 22.7. The molecule has 2 heterocycles. The van der Waals surface area contributed by atoms with Crippen molar-refractivity contribution in [2.45, 2.75) is 38.6 Å². The summed E-state index contributed by atoms with van der Waals surface area (Å²) in [6.45, 7) is 5.53. The number of nitrogens with one attached hydrogen (secondary N) is 2. The van der Waals surface area contributed by atoms with Crippen LogP contribution in [0.5, 0.6) is 0 Å². The number of aryl methyl sites for hydroxylation is 1. The molecule has 2 fully saturated rings. The molecular formula is C21H32ClN3O3. The topological polar surface area (TPSA) is 70.7 Å². The number of piperidine rings is 2. The number of nitrogens with zero attached hydrogens (tertiary/aromatic N) is 1. The summed E-state index contributed by atoms with van der Waals surface area (Å²) in [4.78, 5) is 27.7. The van der Waals surface area contributed by atoms with Gasteiger partial charge in [-0.3, -0.25) is 9.59 Å². The van der Waals surface area contributed by atoms with Gasteiger partial charge in [-0.25, -0.2) is 0 Å². The van der Waals surface area contributed by atoms with Crippen LogP contribution in [0, 0.1) is 12.3 Å². The van der Waals surface area contributed by atoms with Gasteiger partial charge >= 0.3 is 0 Å². The average Bonchev–Trinajstić information content (AvgIpc) is 2.69. The molecule has 6 nitrogen and oxygen atoms in total. The lowest BCUT2D eigenvalue weighted by atomic mass is 9.78. The van der Waals surface area contributed by atoms with E-state index in [0.29, 0.717) is 19.7 Å². The zero-order valence-electron chi connectivity index (χ0n) is 16.8. The number of carbonyl (C=O) groups is 2. The van der Waals surface area contributed by atoms with Crippen molar-refractivity contribution < 1.29 is 14.3 Å². The first-order valence-corrected chi connectivity index (χ1v) is 9.91. The van der Waals surface area contributed by atoms with E-state index in [2.05, 4.69) is 10.6 Å². The van der Waals surface area contributed by atoms with Crippen LogP contribution in [0.15, 0.2) is 24.3 Å². The highest BCUT2D eigenvalue weighted by molar-refractivity contribution is 5.95. The smallest absolute Gasteiger partial charge is 0.251 e. The molecular weight excluding hydrogens is 378 g/mol. The molecule has 2 saturated heterocycles. The number of hydrogen-bond donors (Lipinski definition) is 2. The minimum atomic E-state index is -0.392. The molecule has 7 heteroatoms. The Morgan fingerprint density at radius 1 is 1.21 bits per heavy atom.